The maximum absolute atomic E-state index is 12.2. The Labute approximate surface area is 144 Å². The molecule has 2 atom stereocenters. The fourth-order valence-corrected chi connectivity index (χ4v) is 2.76. The van der Waals surface area contributed by atoms with Crippen molar-refractivity contribution in [3.63, 3.8) is 0 Å². The van der Waals surface area contributed by atoms with Gasteiger partial charge >= 0.3 is 35.6 Å². The summed E-state index contributed by atoms with van der Waals surface area (Å²) < 4.78 is 0. The summed E-state index contributed by atoms with van der Waals surface area (Å²) in [7, 11) is 0. The van der Waals surface area contributed by atoms with Crippen LogP contribution in [0.4, 0.5) is 4.79 Å². The number of nitrogens with zero attached hydrogens (tertiary/aromatic N) is 2. The van der Waals surface area contributed by atoms with Gasteiger partial charge in [0.2, 0.25) is 0 Å². The number of hydrogen-bond donors (Lipinski definition) is 0. The number of carboxylic acids is 1. The van der Waals surface area contributed by atoms with E-state index in [2.05, 4.69) is 0 Å². The Morgan fingerprint density at radius 1 is 1.29 bits per heavy atom. The number of amides is 2. The number of urea groups is 1. The molecule has 0 aromatic heterocycles. The van der Waals surface area contributed by atoms with Crippen molar-refractivity contribution in [2.24, 2.45) is 0 Å². The van der Waals surface area contributed by atoms with Crippen LogP contribution in [0.3, 0.4) is 0 Å². The number of carbonyl (C=O) groups is 2. The molecule has 2 heterocycles. The molecule has 1 aromatic rings. The molecule has 0 radical (unpaired) electrons. The van der Waals surface area contributed by atoms with Crippen LogP contribution in [0.15, 0.2) is 30.3 Å². The number of aliphatic carboxylic acids is 1. The maximum Gasteiger partial charge on any atom is 1.00 e. The molecule has 106 valence electrons. The first-order chi connectivity index (χ1) is 9.66. The number of hydrogen-bond acceptors (Lipinski definition) is 4. The first-order valence-corrected chi connectivity index (χ1v) is 6.64. The Balaban J connectivity index is 0.00000161. The Bertz CT molecular complexity index is 525. The van der Waals surface area contributed by atoms with E-state index >= 15 is 0 Å². The van der Waals surface area contributed by atoms with Crippen molar-refractivity contribution < 1.29 is 49.1 Å². The molecule has 2 saturated heterocycles. The first kappa shape index (κ1) is 16.3. The van der Waals surface area contributed by atoms with E-state index in [-0.39, 0.29) is 41.6 Å². The summed E-state index contributed by atoms with van der Waals surface area (Å²) in [6.07, 6.45) is 1.04. The van der Waals surface area contributed by atoms with Crippen molar-refractivity contribution in [2.75, 3.05) is 6.54 Å². The van der Waals surface area contributed by atoms with Gasteiger partial charge in [-0.3, -0.25) is 4.84 Å². The molecule has 2 bridgehead atoms. The van der Waals surface area contributed by atoms with Gasteiger partial charge in [-0.25, -0.2) is 4.79 Å². The average molecular weight is 298 g/mol. The molecule has 2 amide bonds. The van der Waals surface area contributed by atoms with Crippen LogP contribution in [0, 0.1) is 0 Å². The van der Waals surface area contributed by atoms with E-state index in [0.717, 1.165) is 5.56 Å². The second-order valence-electron chi connectivity index (χ2n) is 5.09. The summed E-state index contributed by atoms with van der Waals surface area (Å²) in [5.41, 5.74) is 0.966. The van der Waals surface area contributed by atoms with E-state index in [4.69, 9.17) is 4.84 Å². The van der Waals surface area contributed by atoms with Gasteiger partial charge in [-0.1, -0.05) is 30.3 Å². The van der Waals surface area contributed by atoms with E-state index < -0.39 is 12.0 Å². The molecule has 1 aromatic carbocycles. The molecule has 0 aliphatic carbocycles. The molecule has 1 unspecified atom stereocenters. The normalized spacial score (nSPS) is 23.9. The number of carbonyl (C=O) groups excluding carboxylic acids is 2. The van der Waals surface area contributed by atoms with Crippen LogP contribution in [0.5, 0.6) is 0 Å². The zero-order valence-electron chi connectivity index (χ0n) is 11.9. The van der Waals surface area contributed by atoms with Gasteiger partial charge in [-0.15, -0.1) is 0 Å². The van der Waals surface area contributed by atoms with E-state index in [1.165, 1.54) is 9.96 Å². The van der Waals surface area contributed by atoms with E-state index in [9.17, 15) is 14.7 Å². The fourth-order valence-electron chi connectivity index (χ4n) is 2.76. The molecule has 2 fully saturated rings. The summed E-state index contributed by atoms with van der Waals surface area (Å²) in [6.45, 7) is 0.694. The molecule has 21 heavy (non-hydrogen) atoms. The number of benzene rings is 1. The third-order valence-corrected chi connectivity index (χ3v) is 3.81. The van der Waals surface area contributed by atoms with Gasteiger partial charge in [0.15, 0.2) is 0 Å². The van der Waals surface area contributed by atoms with E-state index in [1.54, 1.807) is 0 Å². The third-order valence-electron chi connectivity index (χ3n) is 3.81. The van der Waals surface area contributed by atoms with Gasteiger partial charge in [0.1, 0.15) is 6.61 Å². The van der Waals surface area contributed by atoms with Crippen LogP contribution in [-0.2, 0) is 16.2 Å². The van der Waals surface area contributed by atoms with Crippen LogP contribution in [0.2, 0.25) is 0 Å². The fraction of sp³-hybridized carbons (Fsp3) is 0.429. The van der Waals surface area contributed by atoms with Crippen molar-refractivity contribution in [1.29, 1.82) is 0 Å². The Morgan fingerprint density at radius 2 is 2.00 bits per heavy atom. The predicted molar refractivity (Wildman–Crippen MR) is 67.0 cm³/mol. The second kappa shape index (κ2) is 6.79. The number of piperidine rings is 1. The molecule has 2 aliphatic heterocycles. The molecule has 7 heteroatoms. The van der Waals surface area contributed by atoms with Gasteiger partial charge in [-0.2, -0.15) is 5.06 Å². The molecule has 0 saturated carbocycles. The minimum absolute atomic E-state index is 0. The SMILES string of the molecule is O=C([O-])C1CC[C@@H]2CN1C(=O)N2OCc1ccccc1.[Na+]. The Kier molecular flexibility index (Phi) is 5.27. The number of hydroxylamine groups is 2. The van der Waals surface area contributed by atoms with Gasteiger partial charge in [-0.05, 0) is 18.4 Å². The summed E-state index contributed by atoms with van der Waals surface area (Å²) in [4.78, 5) is 30.1. The number of rotatable bonds is 4. The minimum atomic E-state index is -1.19. The number of fused-ring (bicyclic) bond motifs is 2. The molecule has 0 N–H and O–H groups in total. The number of carboxylic acid groups (broad SMARTS) is 1. The summed E-state index contributed by atoms with van der Waals surface area (Å²) in [6, 6.07) is 8.27. The maximum atomic E-state index is 12.2. The van der Waals surface area contributed by atoms with Crippen molar-refractivity contribution >= 4 is 12.0 Å². The zero-order chi connectivity index (χ0) is 14.1. The van der Waals surface area contributed by atoms with Gasteiger partial charge in [0.05, 0.1) is 18.1 Å². The second-order valence-corrected chi connectivity index (χ2v) is 5.09. The standard InChI is InChI=1S/C14H16N2O4.Na/c17-13(18)12-7-6-11-8-15(12)14(19)16(11)20-9-10-4-2-1-3-5-10;/h1-5,11-12H,6-9H2,(H,17,18);/q;+1/p-1/t11-,12?;/m1./s1. The Morgan fingerprint density at radius 3 is 2.67 bits per heavy atom. The zero-order valence-corrected chi connectivity index (χ0v) is 13.9. The topological polar surface area (TPSA) is 72.9 Å². The molecular formula is C14H15N2NaO4. The minimum Gasteiger partial charge on any atom is -0.548 e. The van der Waals surface area contributed by atoms with Crippen LogP contribution >= 0.6 is 0 Å². The predicted octanol–water partition coefficient (Wildman–Crippen LogP) is -2.86. The van der Waals surface area contributed by atoms with Crippen molar-refractivity contribution in [3.05, 3.63) is 35.9 Å². The quantitative estimate of drug-likeness (QED) is 0.561. The molecule has 0 spiro atoms. The van der Waals surface area contributed by atoms with E-state index in [0.29, 0.717) is 26.0 Å². The summed E-state index contributed by atoms with van der Waals surface area (Å²) in [5, 5.41) is 12.3. The van der Waals surface area contributed by atoms with Gasteiger partial charge in [0, 0.05) is 6.54 Å². The Hall–Kier alpha value is -1.08. The van der Waals surface area contributed by atoms with Gasteiger partial charge < -0.3 is 14.8 Å². The largest absolute Gasteiger partial charge is 1.00 e. The summed E-state index contributed by atoms with van der Waals surface area (Å²) >= 11 is 0. The average Bonchev–Trinajstić information content (AvgIpc) is 2.70. The molecular weight excluding hydrogens is 283 g/mol. The molecule has 3 rings (SSSR count). The van der Waals surface area contributed by atoms with Crippen LogP contribution in [0.1, 0.15) is 18.4 Å². The smallest absolute Gasteiger partial charge is 0.548 e. The van der Waals surface area contributed by atoms with Crippen molar-refractivity contribution in [3.8, 4) is 0 Å². The van der Waals surface area contributed by atoms with Crippen LogP contribution in [0.25, 0.3) is 0 Å². The monoisotopic (exact) mass is 298 g/mol. The molecule has 2 aliphatic rings. The summed E-state index contributed by atoms with van der Waals surface area (Å²) in [5.74, 6) is -1.19. The van der Waals surface area contributed by atoms with Crippen molar-refractivity contribution in [2.45, 2.75) is 31.5 Å². The third kappa shape index (κ3) is 3.23. The van der Waals surface area contributed by atoms with Gasteiger partial charge in [0.25, 0.3) is 0 Å². The van der Waals surface area contributed by atoms with E-state index in [1.807, 2.05) is 30.3 Å². The van der Waals surface area contributed by atoms with Crippen LogP contribution in [-0.4, -0.2) is 40.6 Å². The van der Waals surface area contributed by atoms with Crippen LogP contribution < -0.4 is 34.7 Å². The van der Waals surface area contributed by atoms with Crippen molar-refractivity contribution in [1.82, 2.24) is 9.96 Å². The first-order valence-electron chi connectivity index (χ1n) is 6.64. The molecule has 6 nitrogen and oxygen atoms in total.